The van der Waals surface area contributed by atoms with Gasteiger partial charge in [-0.2, -0.15) is 0 Å². The van der Waals surface area contributed by atoms with Crippen LogP contribution >= 0.6 is 0 Å². The first-order valence-electron chi connectivity index (χ1n) is 9.52. The van der Waals surface area contributed by atoms with Crippen molar-refractivity contribution in [3.8, 4) is 0 Å². The maximum Gasteiger partial charge on any atom is 0.320 e. The third kappa shape index (κ3) is 7.68. The van der Waals surface area contributed by atoms with Gasteiger partial charge in [-0.15, -0.1) is 0 Å². The van der Waals surface area contributed by atoms with Gasteiger partial charge in [-0.1, -0.05) is 46.8 Å². The molecule has 0 bridgehead atoms. The predicted octanol–water partition coefficient (Wildman–Crippen LogP) is 2.65. The van der Waals surface area contributed by atoms with E-state index in [9.17, 15) is 24.6 Å². The fraction of sp³-hybridized carbons (Fsp3) is 0.571. The Hall–Kier alpha value is -2.41. The van der Waals surface area contributed by atoms with Crippen LogP contribution in [0.5, 0.6) is 0 Å². The zero-order chi connectivity index (χ0) is 21.5. The molecule has 7 nitrogen and oxygen atoms in total. The SMILES string of the molecule is CC(C)C[C@H](N[C@@H](CCNC(=O)c1ccc(C(C)(C)C)cc1)C(=O)O)C(=O)O. The van der Waals surface area contributed by atoms with Gasteiger partial charge in [0.25, 0.3) is 5.91 Å². The van der Waals surface area contributed by atoms with Gasteiger partial charge in [-0.25, -0.2) is 0 Å². The van der Waals surface area contributed by atoms with E-state index >= 15 is 0 Å². The lowest BCUT2D eigenvalue weighted by Gasteiger charge is -2.22. The van der Waals surface area contributed by atoms with Crippen molar-refractivity contribution >= 4 is 17.8 Å². The molecule has 0 aliphatic rings. The highest BCUT2D eigenvalue weighted by Crippen LogP contribution is 2.22. The smallest absolute Gasteiger partial charge is 0.320 e. The van der Waals surface area contributed by atoms with E-state index in [1.807, 2.05) is 26.0 Å². The highest BCUT2D eigenvalue weighted by Gasteiger charge is 2.26. The monoisotopic (exact) mass is 392 g/mol. The first-order chi connectivity index (χ1) is 12.9. The van der Waals surface area contributed by atoms with E-state index in [1.165, 1.54) is 0 Å². The molecule has 1 amide bonds. The maximum atomic E-state index is 12.3. The Morgan fingerprint density at radius 2 is 1.50 bits per heavy atom. The number of carboxylic acid groups (broad SMARTS) is 2. The molecule has 156 valence electrons. The standard InChI is InChI=1S/C21H32N2O5/c1-13(2)12-17(20(27)28)23-16(19(25)26)10-11-22-18(24)14-6-8-15(9-7-14)21(3,4)5/h6-9,13,16-17,23H,10-12H2,1-5H3,(H,22,24)(H,25,26)(H,27,28)/t16-,17-/m0/s1. The van der Waals surface area contributed by atoms with Crippen LogP contribution in [0.4, 0.5) is 0 Å². The lowest BCUT2D eigenvalue weighted by Crippen LogP contribution is -2.49. The van der Waals surface area contributed by atoms with Crippen LogP contribution in [0.2, 0.25) is 0 Å². The maximum absolute atomic E-state index is 12.3. The van der Waals surface area contributed by atoms with E-state index in [2.05, 4.69) is 31.4 Å². The molecule has 1 aromatic carbocycles. The van der Waals surface area contributed by atoms with E-state index in [4.69, 9.17) is 0 Å². The Morgan fingerprint density at radius 3 is 1.93 bits per heavy atom. The van der Waals surface area contributed by atoms with Crippen LogP contribution in [0.1, 0.15) is 63.4 Å². The molecule has 0 aliphatic carbocycles. The number of carboxylic acids is 2. The number of rotatable bonds is 10. The number of nitrogens with one attached hydrogen (secondary N) is 2. The second-order valence-corrected chi connectivity index (χ2v) is 8.45. The van der Waals surface area contributed by atoms with Gasteiger partial charge in [0, 0.05) is 12.1 Å². The topological polar surface area (TPSA) is 116 Å². The minimum Gasteiger partial charge on any atom is -0.480 e. The summed E-state index contributed by atoms with van der Waals surface area (Å²) in [7, 11) is 0. The predicted molar refractivity (Wildman–Crippen MR) is 108 cm³/mol. The summed E-state index contributed by atoms with van der Waals surface area (Å²) in [6.45, 7) is 10.1. The van der Waals surface area contributed by atoms with Crippen molar-refractivity contribution in [1.29, 1.82) is 0 Å². The molecule has 7 heteroatoms. The summed E-state index contributed by atoms with van der Waals surface area (Å²) in [6.07, 6.45) is 0.411. The van der Waals surface area contributed by atoms with Crippen molar-refractivity contribution in [1.82, 2.24) is 10.6 Å². The Balaban J connectivity index is 2.63. The number of aliphatic carboxylic acids is 2. The molecule has 0 heterocycles. The van der Waals surface area contributed by atoms with E-state index in [0.717, 1.165) is 5.56 Å². The first-order valence-corrected chi connectivity index (χ1v) is 9.52. The third-order valence-electron chi connectivity index (χ3n) is 4.44. The van der Waals surface area contributed by atoms with Crippen LogP contribution in [0, 0.1) is 5.92 Å². The number of carbonyl (C=O) groups is 3. The van der Waals surface area contributed by atoms with Crippen LogP contribution in [0.15, 0.2) is 24.3 Å². The second-order valence-electron chi connectivity index (χ2n) is 8.45. The number of hydrogen-bond donors (Lipinski definition) is 4. The number of carbonyl (C=O) groups excluding carboxylic acids is 1. The number of benzene rings is 1. The molecule has 28 heavy (non-hydrogen) atoms. The third-order valence-corrected chi connectivity index (χ3v) is 4.44. The van der Waals surface area contributed by atoms with Gasteiger partial charge in [0.05, 0.1) is 0 Å². The molecule has 0 spiro atoms. The molecule has 0 saturated carbocycles. The molecular weight excluding hydrogens is 360 g/mol. The van der Waals surface area contributed by atoms with Gasteiger partial charge in [0.15, 0.2) is 0 Å². The van der Waals surface area contributed by atoms with E-state index in [1.54, 1.807) is 12.1 Å². The van der Waals surface area contributed by atoms with Crippen LogP contribution in [-0.2, 0) is 15.0 Å². The van der Waals surface area contributed by atoms with Gasteiger partial charge in [0.2, 0.25) is 0 Å². The quantitative estimate of drug-likeness (QED) is 0.486. The molecule has 0 aliphatic heterocycles. The van der Waals surface area contributed by atoms with Crippen LogP contribution in [0.3, 0.4) is 0 Å². The number of amides is 1. The van der Waals surface area contributed by atoms with Gasteiger partial charge in [0.1, 0.15) is 12.1 Å². The molecule has 4 N–H and O–H groups in total. The second kappa shape index (κ2) is 10.2. The summed E-state index contributed by atoms with van der Waals surface area (Å²) in [5.41, 5.74) is 1.60. The van der Waals surface area contributed by atoms with Crippen molar-refractivity contribution in [3.05, 3.63) is 35.4 Å². The normalized spacial score (nSPS) is 13.8. The van der Waals surface area contributed by atoms with Crippen molar-refractivity contribution in [2.45, 2.75) is 65.0 Å². The summed E-state index contributed by atoms with van der Waals surface area (Å²) in [6, 6.07) is 5.29. The molecule has 2 atom stereocenters. The molecular formula is C21H32N2O5. The molecule has 0 aromatic heterocycles. The molecule has 0 fully saturated rings. The van der Waals surface area contributed by atoms with Crippen molar-refractivity contribution in [2.75, 3.05) is 6.54 Å². The highest BCUT2D eigenvalue weighted by atomic mass is 16.4. The van der Waals surface area contributed by atoms with Gasteiger partial charge in [-0.05, 0) is 41.9 Å². The lowest BCUT2D eigenvalue weighted by molar-refractivity contribution is -0.143. The zero-order valence-electron chi connectivity index (χ0n) is 17.3. The average molecular weight is 392 g/mol. The van der Waals surface area contributed by atoms with Crippen molar-refractivity contribution in [2.24, 2.45) is 5.92 Å². The minimum absolute atomic E-state index is 0.00788. The van der Waals surface area contributed by atoms with E-state index in [0.29, 0.717) is 12.0 Å². The van der Waals surface area contributed by atoms with Crippen LogP contribution in [-0.4, -0.2) is 46.7 Å². The van der Waals surface area contributed by atoms with Gasteiger partial charge in [-0.3, -0.25) is 19.7 Å². The Kier molecular flexibility index (Phi) is 8.63. The minimum atomic E-state index is -1.14. The summed E-state index contributed by atoms with van der Waals surface area (Å²) >= 11 is 0. The largest absolute Gasteiger partial charge is 0.480 e. The lowest BCUT2D eigenvalue weighted by atomic mass is 9.87. The average Bonchev–Trinajstić information content (AvgIpc) is 2.58. The zero-order valence-corrected chi connectivity index (χ0v) is 17.3. The fourth-order valence-electron chi connectivity index (χ4n) is 2.79. The van der Waals surface area contributed by atoms with Crippen molar-refractivity contribution in [3.63, 3.8) is 0 Å². The van der Waals surface area contributed by atoms with Crippen LogP contribution in [0.25, 0.3) is 0 Å². The molecule has 1 aromatic rings. The number of hydrogen-bond acceptors (Lipinski definition) is 4. The summed E-state index contributed by atoms with van der Waals surface area (Å²) in [4.78, 5) is 35.0. The Morgan fingerprint density at radius 1 is 0.964 bits per heavy atom. The van der Waals surface area contributed by atoms with E-state index in [-0.39, 0.29) is 30.2 Å². The summed E-state index contributed by atoms with van der Waals surface area (Å²) in [5.74, 6) is -2.40. The molecule has 0 radical (unpaired) electrons. The first kappa shape index (κ1) is 23.6. The van der Waals surface area contributed by atoms with E-state index < -0.39 is 24.0 Å². The Labute approximate surface area is 166 Å². The van der Waals surface area contributed by atoms with Crippen LogP contribution < -0.4 is 10.6 Å². The van der Waals surface area contributed by atoms with Crippen molar-refractivity contribution < 1.29 is 24.6 Å². The Bertz CT molecular complexity index is 677. The highest BCUT2D eigenvalue weighted by molar-refractivity contribution is 5.94. The fourth-order valence-corrected chi connectivity index (χ4v) is 2.79. The molecule has 0 unspecified atom stereocenters. The van der Waals surface area contributed by atoms with Gasteiger partial charge < -0.3 is 15.5 Å². The summed E-state index contributed by atoms with van der Waals surface area (Å²) < 4.78 is 0. The summed E-state index contributed by atoms with van der Waals surface area (Å²) in [5, 5.41) is 24.0. The van der Waals surface area contributed by atoms with Gasteiger partial charge >= 0.3 is 11.9 Å². The molecule has 0 saturated heterocycles. The molecule has 1 rings (SSSR count).